The van der Waals surface area contributed by atoms with E-state index in [1.165, 1.54) is 16.7 Å². The minimum absolute atomic E-state index is 0.0318. The van der Waals surface area contributed by atoms with Crippen molar-refractivity contribution in [2.24, 2.45) is 0 Å². The number of hydrogen-bond donors (Lipinski definition) is 0. The maximum atomic E-state index is 12.5. The van der Waals surface area contributed by atoms with Gasteiger partial charge in [-0.1, -0.05) is 44.2 Å². The normalized spacial score (nSPS) is 13.8. The lowest BCUT2D eigenvalue weighted by Crippen LogP contribution is -2.38. The van der Waals surface area contributed by atoms with Crippen LogP contribution in [0.4, 0.5) is 0 Å². The Kier molecular flexibility index (Phi) is 5.24. The van der Waals surface area contributed by atoms with E-state index in [0.29, 0.717) is 18.2 Å². The van der Waals surface area contributed by atoms with Crippen molar-refractivity contribution >= 4 is 21.8 Å². The van der Waals surface area contributed by atoms with Gasteiger partial charge in [0.05, 0.1) is 4.47 Å². The second-order valence-corrected chi connectivity index (χ2v) is 7.32. The largest absolute Gasteiger partial charge is 0.483 e. The molecule has 4 heteroatoms. The Labute approximate surface area is 151 Å². The summed E-state index contributed by atoms with van der Waals surface area (Å²) in [6.45, 7) is 5.81. The van der Waals surface area contributed by atoms with Gasteiger partial charge in [-0.25, -0.2) is 0 Å². The molecule has 2 aromatic carbocycles. The minimum Gasteiger partial charge on any atom is -0.483 e. The minimum atomic E-state index is 0.0318. The van der Waals surface area contributed by atoms with Gasteiger partial charge in [-0.3, -0.25) is 4.79 Å². The van der Waals surface area contributed by atoms with Crippen LogP contribution in [0.5, 0.6) is 5.75 Å². The van der Waals surface area contributed by atoms with E-state index in [1.54, 1.807) is 0 Å². The molecule has 0 unspecified atom stereocenters. The fourth-order valence-corrected chi connectivity index (χ4v) is 3.44. The molecule has 1 aliphatic heterocycles. The first-order valence-corrected chi connectivity index (χ1v) is 9.10. The lowest BCUT2D eigenvalue weighted by molar-refractivity contribution is -0.134. The molecule has 1 amide bonds. The highest BCUT2D eigenvalue weighted by Crippen LogP contribution is 2.29. The molecule has 2 aromatic rings. The monoisotopic (exact) mass is 387 g/mol. The zero-order chi connectivity index (χ0) is 17.1. The Morgan fingerprint density at radius 1 is 1.21 bits per heavy atom. The maximum Gasteiger partial charge on any atom is 0.260 e. The molecule has 0 N–H and O–H groups in total. The second kappa shape index (κ2) is 7.39. The quantitative estimate of drug-likeness (QED) is 0.770. The van der Waals surface area contributed by atoms with E-state index in [1.807, 2.05) is 23.1 Å². The first-order chi connectivity index (χ1) is 11.5. The molecule has 3 rings (SSSR count). The maximum absolute atomic E-state index is 12.5. The van der Waals surface area contributed by atoms with Crippen molar-refractivity contribution < 1.29 is 9.53 Å². The van der Waals surface area contributed by atoms with Crippen molar-refractivity contribution in [1.82, 2.24) is 4.90 Å². The third kappa shape index (κ3) is 3.81. The SMILES string of the molecule is CC(C)c1ccc(OCC(=O)N2CCc3ccccc3C2)c(Br)c1. The number of carbonyl (C=O) groups is 1. The fraction of sp³-hybridized carbons (Fsp3) is 0.350. The highest BCUT2D eigenvalue weighted by molar-refractivity contribution is 9.10. The summed E-state index contributed by atoms with van der Waals surface area (Å²) < 4.78 is 6.63. The Morgan fingerprint density at radius 3 is 2.67 bits per heavy atom. The number of fused-ring (bicyclic) bond motifs is 1. The first-order valence-electron chi connectivity index (χ1n) is 8.31. The number of ether oxygens (including phenoxy) is 1. The number of rotatable bonds is 4. The highest BCUT2D eigenvalue weighted by atomic mass is 79.9. The van der Waals surface area contributed by atoms with Crippen LogP contribution in [-0.2, 0) is 17.8 Å². The average Bonchev–Trinajstić information content (AvgIpc) is 2.59. The molecule has 126 valence electrons. The summed E-state index contributed by atoms with van der Waals surface area (Å²) in [5, 5.41) is 0. The summed E-state index contributed by atoms with van der Waals surface area (Å²) in [5.74, 6) is 1.21. The Morgan fingerprint density at radius 2 is 1.96 bits per heavy atom. The molecule has 0 fully saturated rings. The van der Waals surface area contributed by atoms with Gasteiger partial charge in [0.25, 0.3) is 5.91 Å². The Hall–Kier alpha value is -1.81. The van der Waals surface area contributed by atoms with Gasteiger partial charge < -0.3 is 9.64 Å². The van der Waals surface area contributed by atoms with E-state index in [0.717, 1.165) is 17.4 Å². The van der Waals surface area contributed by atoms with Crippen molar-refractivity contribution in [3.8, 4) is 5.75 Å². The Balaban J connectivity index is 1.60. The number of nitrogens with zero attached hydrogens (tertiary/aromatic N) is 1. The van der Waals surface area contributed by atoms with E-state index in [2.05, 4.69) is 54.0 Å². The van der Waals surface area contributed by atoms with Gasteiger partial charge in [0.15, 0.2) is 6.61 Å². The van der Waals surface area contributed by atoms with Gasteiger partial charge in [-0.2, -0.15) is 0 Å². The summed E-state index contributed by atoms with van der Waals surface area (Å²) in [6, 6.07) is 14.3. The number of carbonyl (C=O) groups excluding carboxylic acids is 1. The molecular formula is C20H22BrNO2. The topological polar surface area (TPSA) is 29.5 Å². The van der Waals surface area contributed by atoms with Crippen LogP contribution in [0.25, 0.3) is 0 Å². The van der Waals surface area contributed by atoms with Crippen molar-refractivity contribution in [1.29, 1.82) is 0 Å². The van der Waals surface area contributed by atoms with Gasteiger partial charge in [0.2, 0.25) is 0 Å². The third-order valence-electron chi connectivity index (χ3n) is 4.46. The van der Waals surface area contributed by atoms with E-state index >= 15 is 0 Å². The van der Waals surface area contributed by atoms with E-state index in [4.69, 9.17) is 4.74 Å². The molecule has 0 aliphatic carbocycles. The van der Waals surface area contributed by atoms with Crippen LogP contribution in [0.2, 0.25) is 0 Å². The predicted molar refractivity (Wildman–Crippen MR) is 99.3 cm³/mol. The molecule has 3 nitrogen and oxygen atoms in total. The van der Waals surface area contributed by atoms with Crippen LogP contribution in [0, 0.1) is 0 Å². The number of halogens is 1. The molecule has 1 heterocycles. The molecule has 0 aromatic heterocycles. The molecule has 24 heavy (non-hydrogen) atoms. The summed E-state index contributed by atoms with van der Waals surface area (Å²) in [5.41, 5.74) is 3.82. The second-order valence-electron chi connectivity index (χ2n) is 6.47. The standard InChI is InChI=1S/C20H22BrNO2/c1-14(2)16-7-8-19(18(21)11-16)24-13-20(23)22-10-9-15-5-3-4-6-17(15)12-22/h3-8,11,14H,9-10,12-13H2,1-2H3. The van der Waals surface area contributed by atoms with Crippen LogP contribution in [0.15, 0.2) is 46.9 Å². The van der Waals surface area contributed by atoms with Gasteiger partial charge in [0, 0.05) is 13.1 Å². The van der Waals surface area contributed by atoms with Crippen molar-refractivity contribution in [3.05, 3.63) is 63.6 Å². The fourth-order valence-electron chi connectivity index (χ4n) is 2.93. The number of amides is 1. The molecule has 0 atom stereocenters. The first kappa shape index (κ1) is 17.0. The average molecular weight is 388 g/mol. The van der Waals surface area contributed by atoms with Crippen LogP contribution < -0.4 is 4.74 Å². The summed E-state index contributed by atoms with van der Waals surface area (Å²) in [6.07, 6.45) is 0.911. The smallest absolute Gasteiger partial charge is 0.260 e. The summed E-state index contributed by atoms with van der Waals surface area (Å²) >= 11 is 3.53. The zero-order valence-corrected chi connectivity index (χ0v) is 15.7. The third-order valence-corrected chi connectivity index (χ3v) is 5.08. The van der Waals surface area contributed by atoms with Crippen LogP contribution in [0.3, 0.4) is 0 Å². The lowest BCUT2D eigenvalue weighted by Gasteiger charge is -2.28. The molecule has 0 saturated carbocycles. The summed E-state index contributed by atoms with van der Waals surface area (Å²) in [7, 11) is 0. The predicted octanol–water partition coefficient (Wildman–Crippen LogP) is 4.54. The van der Waals surface area contributed by atoms with Crippen molar-refractivity contribution in [2.45, 2.75) is 32.7 Å². The Bertz CT molecular complexity index is 742. The van der Waals surface area contributed by atoms with Crippen LogP contribution in [-0.4, -0.2) is 24.0 Å². The van der Waals surface area contributed by atoms with Crippen LogP contribution in [0.1, 0.15) is 36.5 Å². The van der Waals surface area contributed by atoms with E-state index in [-0.39, 0.29) is 12.5 Å². The van der Waals surface area contributed by atoms with Gasteiger partial charge in [0.1, 0.15) is 5.75 Å². The molecule has 0 bridgehead atoms. The van der Waals surface area contributed by atoms with Crippen LogP contribution >= 0.6 is 15.9 Å². The highest BCUT2D eigenvalue weighted by Gasteiger charge is 2.20. The van der Waals surface area contributed by atoms with Gasteiger partial charge >= 0.3 is 0 Å². The van der Waals surface area contributed by atoms with Gasteiger partial charge in [-0.05, 0) is 57.1 Å². The zero-order valence-electron chi connectivity index (χ0n) is 14.1. The van der Waals surface area contributed by atoms with E-state index < -0.39 is 0 Å². The molecule has 0 saturated heterocycles. The number of hydrogen-bond acceptors (Lipinski definition) is 2. The van der Waals surface area contributed by atoms with Crippen molar-refractivity contribution in [3.63, 3.8) is 0 Å². The number of benzene rings is 2. The van der Waals surface area contributed by atoms with Crippen molar-refractivity contribution in [2.75, 3.05) is 13.2 Å². The molecular weight excluding hydrogens is 366 g/mol. The lowest BCUT2D eigenvalue weighted by atomic mass is 10.00. The molecule has 1 aliphatic rings. The molecule has 0 radical (unpaired) electrons. The van der Waals surface area contributed by atoms with E-state index in [9.17, 15) is 4.79 Å². The molecule has 0 spiro atoms. The van der Waals surface area contributed by atoms with Gasteiger partial charge in [-0.15, -0.1) is 0 Å². The summed E-state index contributed by atoms with van der Waals surface area (Å²) in [4.78, 5) is 14.3.